The maximum atomic E-state index is 11.3. The summed E-state index contributed by atoms with van der Waals surface area (Å²) in [5.41, 5.74) is 0.390. The number of nitro benzene ring substituents is 1. The molecule has 8 nitrogen and oxygen atoms in total. The number of anilines is 1. The molecule has 1 aromatic rings. The third-order valence-corrected chi connectivity index (χ3v) is 2.62. The average molecular weight is 295 g/mol. The quantitative estimate of drug-likeness (QED) is 0.321. The number of nitrogens with one attached hydrogen (secondary N) is 2. The first-order valence-electron chi connectivity index (χ1n) is 6.38. The summed E-state index contributed by atoms with van der Waals surface area (Å²) < 4.78 is 4.72. The van der Waals surface area contributed by atoms with Gasteiger partial charge in [0.15, 0.2) is 6.61 Å². The van der Waals surface area contributed by atoms with E-state index < -0.39 is 10.9 Å². The lowest BCUT2D eigenvalue weighted by molar-refractivity contribution is -0.384. The molecule has 0 heterocycles. The van der Waals surface area contributed by atoms with Gasteiger partial charge in [0.25, 0.3) is 11.6 Å². The summed E-state index contributed by atoms with van der Waals surface area (Å²) in [7, 11) is 1.45. The number of carbonyl (C=O) groups excluding carboxylic acids is 2. The molecule has 0 aliphatic heterocycles. The van der Waals surface area contributed by atoms with Crippen molar-refractivity contribution < 1.29 is 19.2 Å². The Kier molecular flexibility index (Phi) is 6.66. The Morgan fingerprint density at radius 2 is 2.05 bits per heavy atom. The third-order valence-electron chi connectivity index (χ3n) is 2.62. The molecule has 0 aliphatic rings. The lowest BCUT2D eigenvalue weighted by Crippen LogP contribution is -2.25. The van der Waals surface area contributed by atoms with Crippen LogP contribution in [0.3, 0.4) is 0 Å². The first-order valence-corrected chi connectivity index (χ1v) is 6.38. The first kappa shape index (κ1) is 16.4. The number of benzene rings is 1. The van der Waals surface area contributed by atoms with Crippen molar-refractivity contribution >= 4 is 23.3 Å². The van der Waals surface area contributed by atoms with Gasteiger partial charge in [0.05, 0.1) is 4.92 Å². The maximum absolute atomic E-state index is 11.3. The van der Waals surface area contributed by atoms with Gasteiger partial charge in [-0.3, -0.25) is 19.7 Å². The largest absolute Gasteiger partial charge is 0.456 e. The fourth-order valence-electron chi connectivity index (χ4n) is 1.53. The van der Waals surface area contributed by atoms with E-state index in [0.717, 1.165) is 0 Å². The Hall–Kier alpha value is -2.64. The van der Waals surface area contributed by atoms with Crippen molar-refractivity contribution in [1.29, 1.82) is 0 Å². The molecule has 0 aliphatic carbocycles. The molecule has 0 radical (unpaired) electrons. The summed E-state index contributed by atoms with van der Waals surface area (Å²) in [6, 6.07) is 6.27. The Balaban J connectivity index is 2.30. The SMILES string of the molecule is CNC(=O)COC(=O)CCCNc1ccccc1[N+](=O)[O-]. The minimum absolute atomic E-state index is 0.0142. The summed E-state index contributed by atoms with van der Waals surface area (Å²) in [5, 5.41) is 16.0. The molecule has 0 unspecified atom stereocenters. The Labute approximate surface area is 121 Å². The highest BCUT2D eigenvalue weighted by Crippen LogP contribution is 2.22. The lowest BCUT2D eigenvalue weighted by atomic mass is 10.2. The van der Waals surface area contributed by atoms with Gasteiger partial charge >= 0.3 is 5.97 Å². The number of esters is 1. The van der Waals surface area contributed by atoms with Crippen LogP contribution in [0, 0.1) is 10.1 Å². The number of nitrogens with zero attached hydrogens (tertiary/aromatic N) is 1. The molecule has 114 valence electrons. The molecule has 0 saturated carbocycles. The van der Waals surface area contributed by atoms with E-state index in [1.165, 1.54) is 13.1 Å². The minimum atomic E-state index is -0.483. The van der Waals surface area contributed by atoms with Crippen LogP contribution in [0.5, 0.6) is 0 Å². The van der Waals surface area contributed by atoms with Gasteiger partial charge in [0, 0.05) is 26.1 Å². The standard InChI is InChI=1S/C13H17N3O5/c1-14-12(17)9-21-13(18)7-4-8-15-10-5-2-3-6-11(10)16(19)20/h2-3,5-6,15H,4,7-9H2,1H3,(H,14,17). The van der Waals surface area contributed by atoms with Crippen molar-refractivity contribution in [3.8, 4) is 0 Å². The number of likely N-dealkylation sites (N-methyl/N-ethyl adjacent to an activating group) is 1. The van der Waals surface area contributed by atoms with E-state index in [9.17, 15) is 19.7 Å². The van der Waals surface area contributed by atoms with Gasteiger partial charge in [0.1, 0.15) is 5.69 Å². The van der Waals surface area contributed by atoms with Crippen molar-refractivity contribution in [1.82, 2.24) is 5.32 Å². The van der Waals surface area contributed by atoms with Gasteiger partial charge in [-0.15, -0.1) is 0 Å². The Bertz CT molecular complexity index is 518. The zero-order valence-corrected chi connectivity index (χ0v) is 11.6. The number of carbonyl (C=O) groups is 2. The number of hydrogen-bond donors (Lipinski definition) is 2. The van der Waals surface area contributed by atoms with Crippen LogP contribution in [0.4, 0.5) is 11.4 Å². The molecule has 0 atom stereocenters. The predicted molar refractivity (Wildman–Crippen MR) is 75.8 cm³/mol. The summed E-state index contributed by atoms with van der Waals surface area (Å²) >= 11 is 0. The van der Waals surface area contributed by atoms with E-state index in [2.05, 4.69) is 10.6 Å². The molecule has 0 spiro atoms. The number of ether oxygens (including phenoxy) is 1. The molecule has 2 N–H and O–H groups in total. The molecule has 0 aromatic heterocycles. The van der Waals surface area contributed by atoms with Crippen LogP contribution in [0.25, 0.3) is 0 Å². The molecule has 8 heteroatoms. The number of amides is 1. The highest BCUT2D eigenvalue weighted by atomic mass is 16.6. The van der Waals surface area contributed by atoms with Crippen molar-refractivity contribution in [2.24, 2.45) is 0 Å². The van der Waals surface area contributed by atoms with Crippen LogP contribution in [0.2, 0.25) is 0 Å². The highest BCUT2D eigenvalue weighted by molar-refractivity contribution is 5.80. The van der Waals surface area contributed by atoms with Crippen molar-refractivity contribution in [2.75, 3.05) is 25.5 Å². The number of nitro groups is 1. The second kappa shape index (κ2) is 8.51. The van der Waals surface area contributed by atoms with Gasteiger partial charge < -0.3 is 15.4 Å². The van der Waals surface area contributed by atoms with E-state index in [0.29, 0.717) is 18.7 Å². The summed E-state index contributed by atoms with van der Waals surface area (Å²) in [4.78, 5) is 32.5. The zero-order valence-electron chi connectivity index (χ0n) is 11.6. The maximum Gasteiger partial charge on any atom is 0.306 e. The fourth-order valence-corrected chi connectivity index (χ4v) is 1.53. The van der Waals surface area contributed by atoms with E-state index in [-0.39, 0.29) is 24.6 Å². The van der Waals surface area contributed by atoms with Gasteiger partial charge in [-0.25, -0.2) is 0 Å². The summed E-state index contributed by atoms with van der Waals surface area (Å²) in [6.45, 7) is 0.0901. The molecule has 0 fully saturated rings. The van der Waals surface area contributed by atoms with Crippen molar-refractivity contribution in [3.05, 3.63) is 34.4 Å². The van der Waals surface area contributed by atoms with E-state index in [1.54, 1.807) is 18.2 Å². The number of para-hydroxylation sites is 2. The molecule has 21 heavy (non-hydrogen) atoms. The van der Waals surface area contributed by atoms with Gasteiger partial charge in [-0.2, -0.15) is 0 Å². The normalized spacial score (nSPS) is 9.76. The third kappa shape index (κ3) is 5.89. The molecular formula is C13H17N3O5. The Morgan fingerprint density at radius 3 is 2.71 bits per heavy atom. The molecular weight excluding hydrogens is 278 g/mol. The van der Waals surface area contributed by atoms with Crippen molar-refractivity contribution in [3.63, 3.8) is 0 Å². The van der Waals surface area contributed by atoms with Gasteiger partial charge in [0.2, 0.25) is 0 Å². The van der Waals surface area contributed by atoms with Crippen LogP contribution in [0.1, 0.15) is 12.8 Å². The fraction of sp³-hybridized carbons (Fsp3) is 0.385. The van der Waals surface area contributed by atoms with E-state index in [4.69, 9.17) is 4.74 Å². The second-order valence-corrected chi connectivity index (χ2v) is 4.14. The first-order chi connectivity index (χ1) is 10.0. The number of hydrogen-bond acceptors (Lipinski definition) is 6. The number of rotatable bonds is 8. The molecule has 0 saturated heterocycles. The topological polar surface area (TPSA) is 111 Å². The Morgan fingerprint density at radius 1 is 1.33 bits per heavy atom. The zero-order chi connectivity index (χ0) is 15.7. The smallest absolute Gasteiger partial charge is 0.306 e. The molecule has 1 rings (SSSR count). The molecule has 0 bridgehead atoms. The minimum Gasteiger partial charge on any atom is -0.456 e. The average Bonchev–Trinajstić information content (AvgIpc) is 2.49. The summed E-state index contributed by atoms with van der Waals surface area (Å²) in [6.07, 6.45) is 0.573. The van der Waals surface area contributed by atoms with Gasteiger partial charge in [-0.1, -0.05) is 12.1 Å². The van der Waals surface area contributed by atoms with Gasteiger partial charge in [-0.05, 0) is 12.5 Å². The van der Waals surface area contributed by atoms with Crippen molar-refractivity contribution in [2.45, 2.75) is 12.8 Å². The molecule has 1 aromatic carbocycles. The molecule has 1 amide bonds. The predicted octanol–water partition coefficient (Wildman–Crippen LogP) is 1.08. The van der Waals surface area contributed by atoms with Crippen LogP contribution >= 0.6 is 0 Å². The van der Waals surface area contributed by atoms with Crippen LogP contribution in [0.15, 0.2) is 24.3 Å². The van der Waals surface area contributed by atoms with Crippen LogP contribution in [-0.4, -0.2) is 37.0 Å². The monoisotopic (exact) mass is 295 g/mol. The van der Waals surface area contributed by atoms with E-state index >= 15 is 0 Å². The summed E-state index contributed by atoms with van der Waals surface area (Å²) in [5.74, 6) is -0.857. The van der Waals surface area contributed by atoms with Crippen LogP contribution < -0.4 is 10.6 Å². The van der Waals surface area contributed by atoms with E-state index in [1.807, 2.05) is 0 Å². The lowest BCUT2D eigenvalue weighted by Gasteiger charge is -2.07. The highest BCUT2D eigenvalue weighted by Gasteiger charge is 2.11. The van der Waals surface area contributed by atoms with Crippen LogP contribution in [-0.2, 0) is 14.3 Å². The second-order valence-electron chi connectivity index (χ2n) is 4.14.